The fourth-order valence-corrected chi connectivity index (χ4v) is 3.09. The summed E-state index contributed by atoms with van der Waals surface area (Å²) in [5.41, 5.74) is 0.535. The summed E-state index contributed by atoms with van der Waals surface area (Å²) in [5.74, 6) is -0.329. The van der Waals surface area contributed by atoms with E-state index >= 15 is 0 Å². The van der Waals surface area contributed by atoms with Gasteiger partial charge in [0.2, 0.25) is 0 Å². The number of ether oxygens (including phenoxy) is 2. The zero-order valence-corrected chi connectivity index (χ0v) is 14.9. The molecule has 0 saturated carbocycles. The minimum atomic E-state index is -0.907. The molecule has 1 heterocycles. The van der Waals surface area contributed by atoms with E-state index in [1.54, 1.807) is 36.3 Å². The predicted octanol–water partition coefficient (Wildman–Crippen LogP) is 2.96. The average molecular weight is 349 g/mol. The van der Waals surface area contributed by atoms with Crippen LogP contribution in [0.1, 0.15) is 49.4 Å². The van der Waals surface area contributed by atoms with Crippen molar-refractivity contribution in [2.45, 2.75) is 51.2 Å². The van der Waals surface area contributed by atoms with Crippen LogP contribution in [-0.2, 0) is 9.53 Å². The van der Waals surface area contributed by atoms with Gasteiger partial charge >= 0.3 is 5.97 Å². The molecule has 138 valence electrons. The number of benzene rings is 1. The van der Waals surface area contributed by atoms with Crippen molar-refractivity contribution in [2.75, 3.05) is 20.3 Å². The molecule has 1 fully saturated rings. The van der Waals surface area contributed by atoms with Gasteiger partial charge in [-0.15, -0.1) is 0 Å². The van der Waals surface area contributed by atoms with E-state index in [9.17, 15) is 9.59 Å². The smallest absolute Gasteiger partial charge is 0.305 e. The van der Waals surface area contributed by atoms with Gasteiger partial charge < -0.3 is 19.5 Å². The number of carboxylic acid groups (broad SMARTS) is 1. The Labute approximate surface area is 148 Å². The number of hydrogen-bond acceptors (Lipinski definition) is 4. The number of nitrogens with zero attached hydrogens (tertiary/aromatic N) is 1. The van der Waals surface area contributed by atoms with Crippen LogP contribution in [0, 0.1) is 0 Å². The summed E-state index contributed by atoms with van der Waals surface area (Å²) in [4.78, 5) is 25.4. The fourth-order valence-electron chi connectivity index (χ4n) is 3.09. The van der Waals surface area contributed by atoms with Crippen LogP contribution in [-0.4, -0.2) is 54.3 Å². The van der Waals surface area contributed by atoms with Crippen LogP contribution in [0.2, 0.25) is 0 Å². The quantitative estimate of drug-likeness (QED) is 0.694. The highest BCUT2D eigenvalue weighted by molar-refractivity contribution is 5.95. The molecule has 1 aliphatic rings. The van der Waals surface area contributed by atoms with E-state index < -0.39 is 5.97 Å². The van der Waals surface area contributed by atoms with E-state index in [4.69, 9.17) is 14.6 Å². The minimum absolute atomic E-state index is 0.0653. The zero-order valence-electron chi connectivity index (χ0n) is 14.9. The fraction of sp³-hybridized carbons (Fsp3) is 0.579. The molecule has 0 bridgehead atoms. The molecule has 0 spiro atoms. The maximum absolute atomic E-state index is 12.7. The second-order valence-corrected chi connectivity index (χ2v) is 6.38. The largest absolute Gasteiger partial charge is 0.494 e. The van der Waals surface area contributed by atoms with Crippen molar-refractivity contribution in [1.29, 1.82) is 0 Å². The molecule has 1 saturated heterocycles. The highest BCUT2D eigenvalue weighted by Gasteiger charge is 2.36. The second kappa shape index (κ2) is 9.42. The average Bonchev–Trinajstić information content (AvgIpc) is 3.01. The number of amides is 1. The topological polar surface area (TPSA) is 76.1 Å². The maximum atomic E-state index is 12.7. The van der Waals surface area contributed by atoms with Crippen molar-refractivity contribution >= 4 is 11.9 Å². The van der Waals surface area contributed by atoms with Gasteiger partial charge in [0, 0.05) is 25.3 Å². The Hall–Kier alpha value is -2.08. The molecule has 0 aliphatic carbocycles. The molecule has 2 rings (SSSR count). The first-order valence-electron chi connectivity index (χ1n) is 8.83. The summed E-state index contributed by atoms with van der Waals surface area (Å²) in [7, 11) is 1.58. The Bertz CT molecular complexity index is 572. The molecule has 0 aromatic heterocycles. The van der Waals surface area contributed by atoms with Gasteiger partial charge in [-0.3, -0.25) is 9.59 Å². The van der Waals surface area contributed by atoms with Gasteiger partial charge in [-0.25, -0.2) is 0 Å². The number of carbonyl (C=O) groups is 2. The van der Waals surface area contributed by atoms with Gasteiger partial charge in [0.15, 0.2) is 0 Å². The van der Waals surface area contributed by atoms with Gasteiger partial charge in [0.1, 0.15) is 5.75 Å². The molecular weight excluding hydrogens is 322 g/mol. The third kappa shape index (κ3) is 5.46. The monoisotopic (exact) mass is 349 g/mol. The van der Waals surface area contributed by atoms with Crippen LogP contribution in [0.3, 0.4) is 0 Å². The molecule has 6 heteroatoms. The third-order valence-electron chi connectivity index (χ3n) is 4.50. The number of aliphatic carboxylic acids is 1. The van der Waals surface area contributed by atoms with Gasteiger partial charge in [0.05, 0.1) is 19.1 Å². The van der Waals surface area contributed by atoms with E-state index in [1.807, 2.05) is 0 Å². The Balaban J connectivity index is 1.99. The number of rotatable bonds is 9. The number of hydrogen-bond donors (Lipinski definition) is 1. The van der Waals surface area contributed by atoms with Crippen molar-refractivity contribution in [1.82, 2.24) is 4.90 Å². The molecule has 0 radical (unpaired) electrons. The Kier molecular flexibility index (Phi) is 7.25. The van der Waals surface area contributed by atoms with Gasteiger partial charge in [-0.1, -0.05) is 19.8 Å². The van der Waals surface area contributed by atoms with Crippen molar-refractivity contribution < 1.29 is 24.2 Å². The van der Waals surface area contributed by atoms with E-state index in [-0.39, 0.29) is 24.5 Å². The summed E-state index contributed by atoms with van der Waals surface area (Å²) in [6.07, 6.45) is 3.66. The van der Waals surface area contributed by atoms with Gasteiger partial charge in [-0.2, -0.15) is 0 Å². The summed E-state index contributed by atoms with van der Waals surface area (Å²) in [5, 5.41) is 9.06. The predicted molar refractivity (Wildman–Crippen MR) is 94.0 cm³/mol. The van der Waals surface area contributed by atoms with Crippen LogP contribution in [0.4, 0.5) is 0 Å². The van der Waals surface area contributed by atoms with E-state index in [0.717, 1.165) is 25.0 Å². The Morgan fingerprint density at radius 1 is 1.24 bits per heavy atom. The number of methoxy groups -OCH3 is 1. The summed E-state index contributed by atoms with van der Waals surface area (Å²) in [6.45, 7) is 3.23. The molecular formula is C19H27NO5. The molecule has 1 aliphatic heterocycles. The molecule has 1 aromatic carbocycles. The zero-order chi connectivity index (χ0) is 18.2. The van der Waals surface area contributed by atoms with Crippen molar-refractivity contribution in [3.8, 4) is 5.75 Å². The highest BCUT2D eigenvalue weighted by atomic mass is 16.5. The summed E-state index contributed by atoms with van der Waals surface area (Å²) >= 11 is 0. The normalized spacial score (nSPS) is 19.8. The number of carbonyl (C=O) groups excluding carboxylic acids is 1. The first kappa shape index (κ1) is 19.2. The van der Waals surface area contributed by atoms with Crippen molar-refractivity contribution in [3.05, 3.63) is 29.8 Å². The molecule has 25 heavy (non-hydrogen) atoms. The molecule has 2 unspecified atom stereocenters. The third-order valence-corrected chi connectivity index (χ3v) is 4.50. The van der Waals surface area contributed by atoms with E-state index in [0.29, 0.717) is 25.1 Å². The van der Waals surface area contributed by atoms with Crippen molar-refractivity contribution in [3.63, 3.8) is 0 Å². The lowest BCUT2D eigenvalue weighted by molar-refractivity contribution is -0.137. The lowest BCUT2D eigenvalue weighted by Gasteiger charge is -2.23. The van der Waals surface area contributed by atoms with E-state index in [2.05, 4.69) is 6.92 Å². The first-order chi connectivity index (χ1) is 12.0. The lowest BCUT2D eigenvalue weighted by atomic mass is 10.1. The first-order valence-corrected chi connectivity index (χ1v) is 8.83. The van der Waals surface area contributed by atoms with Gasteiger partial charge in [-0.05, 0) is 37.1 Å². The van der Waals surface area contributed by atoms with Crippen LogP contribution < -0.4 is 4.74 Å². The minimum Gasteiger partial charge on any atom is -0.494 e. The molecule has 1 aromatic rings. The Morgan fingerprint density at radius 2 is 1.96 bits per heavy atom. The summed E-state index contributed by atoms with van der Waals surface area (Å²) < 4.78 is 11.0. The summed E-state index contributed by atoms with van der Waals surface area (Å²) in [6, 6.07) is 6.70. The second-order valence-electron chi connectivity index (χ2n) is 6.38. The molecule has 6 nitrogen and oxygen atoms in total. The van der Waals surface area contributed by atoms with Crippen LogP contribution in [0.25, 0.3) is 0 Å². The van der Waals surface area contributed by atoms with Gasteiger partial charge in [0.25, 0.3) is 5.91 Å². The number of likely N-dealkylation sites (tertiary alicyclic amines) is 1. The molecule has 1 N–H and O–H groups in total. The lowest BCUT2D eigenvalue weighted by Crippen LogP contribution is -2.37. The van der Waals surface area contributed by atoms with E-state index in [1.165, 1.54) is 0 Å². The van der Waals surface area contributed by atoms with Crippen molar-refractivity contribution in [2.24, 2.45) is 0 Å². The highest BCUT2D eigenvalue weighted by Crippen LogP contribution is 2.25. The Morgan fingerprint density at radius 3 is 2.56 bits per heavy atom. The van der Waals surface area contributed by atoms with Crippen LogP contribution in [0.15, 0.2) is 24.3 Å². The number of carboxylic acids is 1. The molecule has 2 atom stereocenters. The SMILES string of the molecule is CCCCCOc1ccc(C(=O)N2CC(OC)CC2CC(=O)O)cc1. The van der Waals surface area contributed by atoms with Crippen LogP contribution in [0.5, 0.6) is 5.75 Å². The maximum Gasteiger partial charge on any atom is 0.305 e. The standard InChI is InChI=1S/C19H27NO5/c1-3-4-5-10-25-16-8-6-14(7-9-16)19(23)20-13-17(24-2)11-15(20)12-18(21)22/h6-9,15,17H,3-5,10-13H2,1-2H3,(H,21,22). The number of unbranched alkanes of at least 4 members (excludes halogenated alkanes) is 2. The van der Waals surface area contributed by atoms with Crippen LogP contribution >= 0.6 is 0 Å². The molecule has 1 amide bonds.